The van der Waals surface area contributed by atoms with Gasteiger partial charge in [0.1, 0.15) is 0 Å². The number of hydrogen-bond donors (Lipinski definition) is 0. The Hall–Kier alpha value is -0.520. The largest absolute Gasteiger partial charge is 0.0811 e. The molecular weight excluding hydrogens is 108 g/mol. The normalized spacial score (nSPS) is 34.3. The molecule has 0 amide bonds. The molecule has 1 radical (unpaired) electrons. The molecule has 0 nitrogen and oxygen atoms in total. The molecule has 49 valence electrons. The van der Waals surface area contributed by atoms with Crippen LogP contribution in [0.1, 0.15) is 13.8 Å². The van der Waals surface area contributed by atoms with E-state index in [2.05, 4.69) is 39.0 Å². The lowest BCUT2D eigenvalue weighted by atomic mass is 9.86. The van der Waals surface area contributed by atoms with Crippen LogP contribution in [-0.4, -0.2) is 0 Å². The molecule has 2 atom stereocenters. The second-order valence-corrected chi connectivity index (χ2v) is 2.76. The van der Waals surface area contributed by atoms with E-state index in [1.165, 1.54) is 5.57 Å². The van der Waals surface area contributed by atoms with Crippen molar-refractivity contribution in [1.29, 1.82) is 0 Å². The smallest absolute Gasteiger partial charge is 0.0142 e. The first kappa shape index (κ1) is 6.60. The van der Waals surface area contributed by atoms with Crippen LogP contribution in [-0.2, 0) is 0 Å². The fourth-order valence-corrected chi connectivity index (χ4v) is 1.05. The Bertz CT molecular complexity index is 151. The summed E-state index contributed by atoms with van der Waals surface area (Å²) in [5.41, 5.74) is 1.39. The molecule has 0 aromatic rings. The first-order valence-corrected chi connectivity index (χ1v) is 3.40. The summed E-state index contributed by atoms with van der Waals surface area (Å²) in [6.07, 6.45) is 6.45. The van der Waals surface area contributed by atoms with E-state index in [4.69, 9.17) is 0 Å². The summed E-state index contributed by atoms with van der Waals surface area (Å²) < 4.78 is 0. The Morgan fingerprint density at radius 1 is 1.56 bits per heavy atom. The third kappa shape index (κ3) is 1.24. The summed E-state index contributed by atoms with van der Waals surface area (Å²) in [7, 11) is 0. The molecular formula is C9H13. The number of hydrogen-bond acceptors (Lipinski definition) is 0. The second-order valence-electron chi connectivity index (χ2n) is 2.76. The highest BCUT2D eigenvalue weighted by molar-refractivity contribution is 5.21. The van der Waals surface area contributed by atoms with E-state index >= 15 is 0 Å². The second kappa shape index (κ2) is 2.38. The van der Waals surface area contributed by atoms with E-state index in [0.717, 1.165) is 0 Å². The average molecular weight is 121 g/mol. The first-order valence-electron chi connectivity index (χ1n) is 3.40. The zero-order chi connectivity index (χ0) is 6.85. The van der Waals surface area contributed by atoms with Crippen molar-refractivity contribution in [2.45, 2.75) is 13.8 Å². The summed E-state index contributed by atoms with van der Waals surface area (Å²) in [6.45, 7) is 8.38. The Morgan fingerprint density at radius 2 is 2.22 bits per heavy atom. The minimum atomic E-state index is 0.495. The molecule has 0 heterocycles. The summed E-state index contributed by atoms with van der Waals surface area (Å²) in [5.74, 6) is 1.12. The molecule has 2 unspecified atom stereocenters. The fourth-order valence-electron chi connectivity index (χ4n) is 1.05. The van der Waals surface area contributed by atoms with E-state index < -0.39 is 0 Å². The summed E-state index contributed by atoms with van der Waals surface area (Å²) in [4.78, 5) is 0. The highest BCUT2D eigenvalue weighted by Gasteiger charge is 2.12. The van der Waals surface area contributed by atoms with Gasteiger partial charge in [0.25, 0.3) is 0 Å². The van der Waals surface area contributed by atoms with Crippen LogP contribution in [0.25, 0.3) is 0 Å². The fraction of sp³-hybridized carbons (Fsp3) is 0.444. The molecule has 0 aromatic carbocycles. The Morgan fingerprint density at radius 3 is 2.67 bits per heavy atom. The molecule has 0 heteroatoms. The molecule has 0 fully saturated rings. The molecule has 0 aromatic heterocycles. The summed E-state index contributed by atoms with van der Waals surface area (Å²) in [5, 5.41) is 0. The molecule has 0 aliphatic heterocycles. The number of allylic oxidation sites excluding steroid dienone is 4. The highest BCUT2D eigenvalue weighted by Crippen LogP contribution is 2.23. The van der Waals surface area contributed by atoms with Gasteiger partial charge in [-0.05, 0) is 25.7 Å². The van der Waals surface area contributed by atoms with Crippen molar-refractivity contribution in [1.82, 2.24) is 0 Å². The van der Waals surface area contributed by atoms with Gasteiger partial charge in [-0.3, -0.25) is 0 Å². The van der Waals surface area contributed by atoms with Gasteiger partial charge in [0.2, 0.25) is 0 Å². The lowest BCUT2D eigenvalue weighted by Crippen LogP contribution is -2.09. The lowest BCUT2D eigenvalue weighted by molar-refractivity contribution is 0.571. The van der Waals surface area contributed by atoms with Crippen LogP contribution < -0.4 is 0 Å². The van der Waals surface area contributed by atoms with Crippen LogP contribution in [0.5, 0.6) is 0 Å². The molecule has 9 heavy (non-hydrogen) atoms. The van der Waals surface area contributed by atoms with Crippen molar-refractivity contribution < 1.29 is 0 Å². The average Bonchev–Trinajstić information content (AvgIpc) is 1.83. The standard InChI is InChI=1S/C9H13/c1-7-5-4-6-8(2)9(7)3/h4-7,9H,3H2,1-2H3. The quantitative estimate of drug-likeness (QED) is 0.462. The Kier molecular flexibility index (Phi) is 1.75. The van der Waals surface area contributed by atoms with Gasteiger partial charge < -0.3 is 0 Å². The predicted octanol–water partition coefficient (Wildman–Crippen LogP) is 2.59. The van der Waals surface area contributed by atoms with Gasteiger partial charge in [-0.15, -0.1) is 0 Å². The zero-order valence-corrected chi connectivity index (χ0v) is 6.09. The maximum absolute atomic E-state index is 4.04. The highest BCUT2D eigenvalue weighted by atomic mass is 14.2. The van der Waals surface area contributed by atoms with Crippen LogP contribution in [0.3, 0.4) is 0 Å². The topological polar surface area (TPSA) is 0 Å². The monoisotopic (exact) mass is 121 g/mol. The van der Waals surface area contributed by atoms with Gasteiger partial charge in [-0.1, -0.05) is 30.7 Å². The molecule has 0 saturated carbocycles. The minimum Gasteiger partial charge on any atom is -0.0811 e. The van der Waals surface area contributed by atoms with Gasteiger partial charge in [-0.25, -0.2) is 0 Å². The third-order valence-corrected chi connectivity index (χ3v) is 1.99. The van der Waals surface area contributed by atoms with Gasteiger partial charge in [0.15, 0.2) is 0 Å². The third-order valence-electron chi connectivity index (χ3n) is 1.99. The van der Waals surface area contributed by atoms with Gasteiger partial charge in [0, 0.05) is 0 Å². The van der Waals surface area contributed by atoms with E-state index in [9.17, 15) is 0 Å². The van der Waals surface area contributed by atoms with Crippen LogP contribution in [0.4, 0.5) is 0 Å². The first-order chi connectivity index (χ1) is 4.22. The van der Waals surface area contributed by atoms with Crippen molar-refractivity contribution in [2.24, 2.45) is 11.8 Å². The van der Waals surface area contributed by atoms with Crippen LogP contribution in [0.2, 0.25) is 0 Å². The molecule has 0 spiro atoms. The summed E-state index contributed by atoms with van der Waals surface area (Å²) in [6, 6.07) is 0. The minimum absolute atomic E-state index is 0.495. The van der Waals surface area contributed by atoms with E-state index in [1.54, 1.807) is 0 Å². The summed E-state index contributed by atoms with van der Waals surface area (Å²) >= 11 is 0. The van der Waals surface area contributed by atoms with Gasteiger partial charge in [-0.2, -0.15) is 0 Å². The number of rotatable bonds is 0. The van der Waals surface area contributed by atoms with Crippen molar-refractivity contribution >= 4 is 0 Å². The SMILES string of the molecule is [CH2]C1C(C)=CC=CC1C. The lowest BCUT2D eigenvalue weighted by Gasteiger charge is -2.19. The van der Waals surface area contributed by atoms with Gasteiger partial charge >= 0.3 is 0 Å². The van der Waals surface area contributed by atoms with Gasteiger partial charge in [0.05, 0.1) is 0 Å². The Labute approximate surface area is 57.3 Å². The molecule has 0 saturated heterocycles. The van der Waals surface area contributed by atoms with E-state index in [-0.39, 0.29) is 0 Å². The Balaban J connectivity index is 2.73. The molecule has 1 rings (SSSR count). The molecule has 0 bridgehead atoms. The maximum Gasteiger partial charge on any atom is -0.0142 e. The van der Waals surface area contributed by atoms with E-state index in [0.29, 0.717) is 11.8 Å². The van der Waals surface area contributed by atoms with E-state index in [1.807, 2.05) is 0 Å². The van der Waals surface area contributed by atoms with Crippen molar-refractivity contribution in [3.63, 3.8) is 0 Å². The maximum atomic E-state index is 4.04. The van der Waals surface area contributed by atoms with Crippen molar-refractivity contribution in [3.8, 4) is 0 Å². The molecule has 1 aliphatic rings. The van der Waals surface area contributed by atoms with Crippen LogP contribution in [0, 0.1) is 18.8 Å². The molecule has 0 N–H and O–H groups in total. The van der Waals surface area contributed by atoms with Crippen molar-refractivity contribution in [3.05, 3.63) is 30.7 Å². The molecule has 1 aliphatic carbocycles. The van der Waals surface area contributed by atoms with Crippen LogP contribution >= 0.6 is 0 Å². The van der Waals surface area contributed by atoms with Crippen molar-refractivity contribution in [2.75, 3.05) is 0 Å². The predicted molar refractivity (Wildman–Crippen MR) is 40.9 cm³/mol. The zero-order valence-electron chi connectivity index (χ0n) is 6.09. The van der Waals surface area contributed by atoms with Crippen LogP contribution in [0.15, 0.2) is 23.8 Å².